The minimum Gasteiger partial charge on any atom is -0.310 e. The van der Waals surface area contributed by atoms with E-state index in [1.54, 1.807) is 0 Å². The SMILES string of the molecule is c1ccc(-c2ccc(-c3ccc(N(c4ccccc4)c4cc5c(cc4-c4ccc(-c6cccc7c6CCCC7)cc4)-c4ccccc4C5(c4ccccc4)c4ccccc4)cc3)cc2)cc1. The maximum Gasteiger partial charge on any atom is 0.0714 e. The highest BCUT2D eigenvalue weighted by molar-refractivity contribution is 5.97. The molecule has 0 spiro atoms. The molecule has 0 saturated carbocycles. The summed E-state index contributed by atoms with van der Waals surface area (Å²) < 4.78 is 0. The molecule has 0 fully saturated rings. The lowest BCUT2D eigenvalue weighted by molar-refractivity contribution is 0.687. The second-order valence-electron chi connectivity index (χ2n) is 17.8. The minimum atomic E-state index is -0.546. The predicted octanol–water partition coefficient (Wildman–Crippen LogP) is 17.1. The van der Waals surface area contributed by atoms with Crippen molar-refractivity contribution in [2.45, 2.75) is 31.1 Å². The molecule has 0 saturated heterocycles. The summed E-state index contributed by atoms with van der Waals surface area (Å²) >= 11 is 0. The zero-order valence-corrected chi connectivity index (χ0v) is 36.9. The number of fused-ring (bicyclic) bond motifs is 4. The van der Waals surface area contributed by atoms with Gasteiger partial charge in [-0.1, -0.05) is 212 Å². The quantitative estimate of drug-likeness (QED) is 0.140. The average Bonchev–Trinajstić information content (AvgIpc) is 3.69. The molecule has 2 aliphatic rings. The van der Waals surface area contributed by atoms with Crippen LogP contribution in [-0.4, -0.2) is 0 Å². The summed E-state index contributed by atoms with van der Waals surface area (Å²) in [5, 5.41) is 0. The Kier molecular flexibility index (Phi) is 10.1. The van der Waals surface area contributed by atoms with E-state index in [0.29, 0.717) is 0 Å². The van der Waals surface area contributed by atoms with Crippen LogP contribution in [0.4, 0.5) is 17.1 Å². The normalized spacial score (nSPS) is 13.3. The molecule has 314 valence electrons. The summed E-state index contributed by atoms with van der Waals surface area (Å²) in [5.74, 6) is 0. The molecule has 0 amide bonds. The van der Waals surface area contributed by atoms with Gasteiger partial charge < -0.3 is 4.90 Å². The summed E-state index contributed by atoms with van der Waals surface area (Å²) in [7, 11) is 0. The topological polar surface area (TPSA) is 3.24 Å². The Hall–Kier alpha value is -8.00. The fraction of sp³-hybridized carbons (Fsp3) is 0.0769. The van der Waals surface area contributed by atoms with Crippen molar-refractivity contribution in [3.05, 3.63) is 282 Å². The molecule has 0 N–H and O–H groups in total. The van der Waals surface area contributed by atoms with Crippen LogP contribution in [0.2, 0.25) is 0 Å². The fourth-order valence-electron chi connectivity index (χ4n) is 11.1. The van der Waals surface area contributed by atoms with Gasteiger partial charge in [0.25, 0.3) is 0 Å². The standard InChI is InChI=1S/C65H49N/c1-5-18-46(19-6-1)47-32-34-48(35-33-47)49-40-42-56(43-41-49)66(55-26-11-4-12-27-55)64-45-63-61(44-60(64)52-38-36-51(37-39-52)58-30-17-21-50-20-13-14-28-57(50)58)59-29-15-16-31-62(59)65(63,53-22-7-2-8-23-53)54-24-9-3-10-25-54/h1-12,15-19,21-27,29-45H,13-14,20,28H2. The van der Waals surface area contributed by atoms with Gasteiger partial charge in [0.05, 0.1) is 11.1 Å². The molecule has 0 bridgehead atoms. The van der Waals surface area contributed by atoms with Gasteiger partial charge in [-0.2, -0.15) is 0 Å². The molecule has 0 radical (unpaired) electrons. The van der Waals surface area contributed by atoms with Crippen LogP contribution in [0.5, 0.6) is 0 Å². The van der Waals surface area contributed by atoms with E-state index < -0.39 is 5.41 Å². The zero-order chi connectivity index (χ0) is 43.9. The summed E-state index contributed by atoms with van der Waals surface area (Å²) in [4.78, 5) is 2.48. The lowest BCUT2D eigenvalue weighted by atomic mass is 9.67. The molecule has 12 rings (SSSR count). The molecule has 66 heavy (non-hydrogen) atoms. The van der Waals surface area contributed by atoms with E-state index in [9.17, 15) is 0 Å². The van der Waals surface area contributed by atoms with Gasteiger partial charge in [-0.25, -0.2) is 0 Å². The van der Waals surface area contributed by atoms with Crippen molar-refractivity contribution in [3.8, 4) is 55.6 Å². The molecule has 0 aromatic heterocycles. The van der Waals surface area contributed by atoms with Crippen LogP contribution in [0.3, 0.4) is 0 Å². The van der Waals surface area contributed by atoms with Crippen LogP contribution in [0, 0.1) is 0 Å². The average molecular weight is 844 g/mol. The molecule has 1 heteroatoms. The molecule has 10 aromatic rings. The molecule has 10 aromatic carbocycles. The van der Waals surface area contributed by atoms with Crippen LogP contribution < -0.4 is 4.90 Å². The monoisotopic (exact) mass is 843 g/mol. The maximum absolute atomic E-state index is 2.52. The zero-order valence-electron chi connectivity index (χ0n) is 36.9. The molecule has 0 aliphatic heterocycles. The number of anilines is 3. The van der Waals surface area contributed by atoms with E-state index in [4.69, 9.17) is 0 Å². The van der Waals surface area contributed by atoms with E-state index in [0.717, 1.165) is 23.5 Å². The van der Waals surface area contributed by atoms with E-state index in [-0.39, 0.29) is 0 Å². The Morgan fingerprint density at radius 3 is 1.41 bits per heavy atom. The van der Waals surface area contributed by atoms with Gasteiger partial charge in [0, 0.05) is 16.9 Å². The van der Waals surface area contributed by atoms with Crippen molar-refractivity contribution in [2.24, 2.45) is 0 Å². The van der Waals surface area contributed by atoms with Crippen LogP contribution in [-0.2, 0) is 18.3 Å². The second-order valence-corrected chi connectivity index (χ2v) is 17.8. The summed E-state index contributed by atoms with van der Waals surface area (Å²) in [6.45, 7) is 0. The van der Waals surface area contributed by atoms with Crippen molar-refractivity contribution in [1.82, 2.24) is 0 Å². The third-order valence-corrected chi connectivity index (χ3v) is 14.2. The number of aryl methyl sites for hydroxylation is 1. The van der Waals surface area contributed by atoms with Crippen LogP contribution in [0.1, 0.15) is 46.2 Å². The Morgan fingerprint density at radius 1 is 0.303 bits per heavy atom. The first-order chi connectivity index (χ1) is 32.7. The number of benzene rings is 10. The number of hydrogen-bond acceptors (Lipinski definition) is 1. The Labute approximate surface area is 389 Å². The highest BCUT2D eigenvalue weighted by Crippen LogP contribution is 2.59. The highest BCUT2D eigenvalue weighted by Gasteiger charge is 2.46. The van der Waals surface area contributed by atoms with Gasteiger partial charge >= 0.3 is 0 Å². The van der Waals surface area contributed by atoms with Gasteiger partial charge in [-0.15, -0.1) is 0 Å². The van der Waals surface area contributed by atoms with Crippen LogP contribution in [0.25, 0.3) is 55.6 Å². The lowest BCUT2D eigenvalue weighted by Crippen LogP contribution is -2.28. The lowest BCUT2D eigenvalue weighted by Gasteiger charge is -2.35. The fourth-order valence-corrected chi connectivity index (χ4v) is 11.1. The van der Waals surface area contributed by atoms with Gasteiger partial charge in [0.2, 0.25) is 0 Å². The summed E-state index contributed by atoms with van der Waals surface area (Å²) in [6, 6.07) is 92.3. The van der Waals surface area contributed by atoms with Crippen molar-refractivity contribution >= 4 is 17.1 Å². The number of nitrogens with zero attached hydrogens (tertiary/aromatic N) is 1. The summed E-state index contributed by atoms with van der Waals surface area (Å²) in [5.41, 5.74) is 23.3. The van der Waals surface area contributed by atoms with E-state index in [1.165, 1.54) is 108 Å². The van der Waals surface area contributed by atoms with E-state index in [1.807, 2.05) is 0 Å². The first-order valence-electron chi connectivity index (χ1n) is 23.5. The number of para-hydroxylation sites is 1. The maximum atomic E-state index is 2.52. The van der Waals surface area contributed by atoms with Crippen molar-refractivity contribution in [3.63, 3.8) is 0 Å². The Balaban J connectivity index is 1.07. The molecule has 1 nitrogen and oxygen atoms in total. The van der Waals surface area contributed by atoms with Crippen LogP contribution in [0.15, 0.2) is 249 Å². The third kappa shape index (κ3) is 6.79. The van der Waals surface area contributed by atoms with Gasteiger partial charge in [-0.05, 0) is 146 Å². The largest absolute Gasteiger partial charge is 0.310 e. The molecule has 0 atom stereocenters. The van der Waals surface area contributed by atoms with Gasteiger partial charge in [-0.3, -0.25) is 0 Å². The first-order valence-corrected chi connectivity index (χ1v) is 23.5. The highest BCUT2D eigenvalue weighted by atomic mass is 15.1. The van der Waals surface area contributed by atoms with E-state index >= 15 is 0 Å². The van der Waals surface area contributed by atoms with Crippen LogP contribution >= 0.6 is 0 Å². The van der Waals surface area contributed by atoms with Crippen molar-refractivity contribution in [2.75, 3.05) is 4.90 Å². The molecular weight excluding hydrogens is 795 g/mol. The first kappa shape index (κ1) is 39.6. The third-order valence-electron chi connectivity index (χ3n) is 14.2. The smallest absolute Gasteiger partial charge is 0.0714 e. The molecule has 2 aliphatic carbocycles. The predicted molar refractivity (Wildman–Crippen MR) is 277 cm³/mol. The van der Waals surface area contributed by atoms with E-state index in [2.05, 4.69) is 254 Å². The Morgan fingerprint density at radius 2 is 0.773 bits per heavy atom. The molecule has 0 unspecified atom stereocenters. The minimum absolute atomic E-state index is 0.546. The van der Waals surface area contributed by atoms with Crippen molar-refractivity contribution < 1.29 is 0 Å². The number of rotatable bonds is 9. The van der Waals surface area contributed by atoms with Crippen molar-refractivity contribution in [1.29, 1.82) is 0 Å². The van der Waals surface area contributed by atoms with Gasteiger partial charge in [0.1, 0.15) is 0 Å². The second kappa shape index (κ2) is 16.8. The summed E-state index contributed by atoms with van der Waals surface area (Å²) in [6.07, 6.45) is 4.85. The van der Waals surface area contributed by atoms with Gasteiger partial charge in [0.15, 0.2) is 0 Å². The Bertz CT molecular complexity index is 3260. The molecule has 0 heterocycles. The number of hydrogen-bond donors (Lipinski definition) is 0. The molecular formula is C65H49N.